The van der Waals surface area contributed by atoms with E-state index in [4.69, 9.17) is 5.73 Å². The molecule has 1 fully saturated rings. The van der Waals surface area contributed by atoms with Gasteiger partial charge in [-0.2, -0.15) is 0 Å². The van der Waals surface area contributed by atoms with Crippen LogP contribution in [0.4, 0.5) is 0 Å². The summed E-state index contributed by atoms with van der Waals surface area (Å²) in [5, 5.41) is 3.08. The molecule has 0 spiro atoms. The van der Waals surface area contributed by atoms with Crippen LogP contribution in [-0.4, -0.2) is 18.0 Å². The number of carbonyl (C=O) groups excluding carboxylic acids is 1. The molecule has 0 aromatic rings. The first-order chi connectivity index (χ1) is 7.00. The van der Waals surface area contributed by atoms with Gasteiger partial charge in [0.1, 0.15) is 0 Å². The molecule has 0 heterocycles. The van der Waals surface area contributed by atoms with Gasteiger partial charge >= 0.3 is 0 Å². The third-order valence-electron chi connectivity index (χ3n) is 3.51. The second-order valence-corrected chi connectivity index (χ2v) is 5.15. The fourth-order valence-corrected chi connectivity index (χ4v) is 1.89. The fraction of sp³-hybridized carbons (Fsp3) is 0.917. The van der Waals surface area contributed by atoms with Crippen molar-refractivity contribution in [3.05, 3.63) is 0 Å². The van der Waals surface area contributed by atoms with Crippen LogP contribution in [0.3, 0.4) is 0 Å². The highest BCUT2D eigenvalue weighted by Gasteiger charge is 2.25. The summed E-state index contributed by atoms with van der Waals surface area (Å²) in [7, 11) is 0. The highest BCUT2D eigenvalue weighted by Crippen LogP contribution is 2.23. The molecule has 1 saturated carbocycles. The van der Waals surface area contributed by atoms with Gasteiger partial charge in [0.2, 0.25) is 5.91 Å². The van der Waals surface area contributed by atoms with E-state index in [0.717, 1.165) is 25.7 Å². The molecule has 0 saturated heterocycles. The van der Waals surface area contributed by atoms with E-state index in [1.54, 1.807) is 0 Å². The van der Waals surface area contributed by atoms with Gasteiger partial charge < -0.3 is 11.1 Å². The summed E-state index contributed by atoms with van der Waals surface area (Å²) in [6, 6.07) is 0.588. The first kappa shape index (κ1) is 12.5. The lowest BCUT2D eigenvalue weighted by atomic mass is 9.85. The lowest BCUT2D eigenvalue weighted by Crippen LogP contribution is -2.42. The normalized spacial score (nSPS) is 28.9. The van der Waals surface area contributed by atoms with Crippen LogP contribution in [0, 0.1) is 11.8 Å². The maximum atomic E-state index is 11.9. The topological polar surface area (TPSA) is 55.1 Å². The molecular weight excluding hydrogens is 188 g/mol. The van der Waals surface area contributed by atoms with Gasteiger partial charge in [-0.3, -0.25) is 4.79 Å². The number of amides is 1. The van der Waals surface area contributed by atoms with Gasteiger partial charge in [-0.1, -0.05) is 13.8 Å². The minimum atomic E-state index is 0.200. The van der Waals surface area contributed by atoms with Gasteiger partial charge in [0.25, 0.3) is 0 Å². The number of hydrogen-bond acceptors (Lipinski definition) is 2. The molecule has 0 aliphatic heterocycles. The van der Waals surface area contributed by atoms with Crippen molar-refractivity contribution in [3.8, 4) is 0 Å². The molecule has 15 heavy (non-hydrogen) atoms. The van der Waals surface area contributed by atoms with Crippen LogP contribution < -0.4 is 11.1 Å². The third kappa shape index (κ3) is 3.82. The lowest BCUT2D eigenvalue weighted by Gasteiger charge is -2.27. The Bertz CT molecular complexity index is 208. The Hall–Kier alpha value is -0.570. The van der Waals surface area contributed by atoms with Crippen molar-refractivity contribution in [2.75, 3.05) is 0 Å². The van der Waals surface area contributed by atoms with Crippen LogP contribution >= 0.6 is 0 Å². The molecule has 3 heteroatoms. The molecule has 0 aromatic heterocycles. The highest BCUT2D eigenvalue weighted by molar-refractivity contribution is 5.79. The second kappa shape index (κ2) is 5.50. The van der Waals surface area contributed by atoms with E-state index in [2.05, 4.69) is 26.1 Å². The predicted molar refractivity (Wildman–Crippen MR) is 62.4 cm³/mol. The Kier molecular flexibility index (Phi) is 4.58. The zero-order valence-corrected chi connectivity index (χ0v) is 10.1. The van der Waals surface area contributed by atoms with Gasteiger partial charge in [0, 0.05) is 18.0 Å². The van der Waals surface area contributed by atoms with E-state index in [0.29, 0.717) is 12.0 Å². The van der Waals surface area contributed by atoms with Gasteiger partial charge in [0.15, 0.2) is 0 Å². The first-order valence-corrected chi connectivity index (χ1v) is 6.06. The number of nitrogens with two attached hydrogens (primary N) is 1. The summed E-state index contributed by atoms with van der Waals surface area (Å²) in [6.45, 7) is 6.32. The average molecular weight is 212 g/mol. The molecule has 1 unspecified atom stereocenters. The Morgan fingerprint density at radius 2 is 1.73 bits per heavy atom. The lowest BCUT2D eigenvalue weighted by molar-refractivity contribution is -0.126. The maximum absolute atomic E-state index is 11.9. The molecule has 1 aliphatic carbocycles. The summed E-state index contributed by atoms with van der Waals surface area (Å²) < 4.78 is 0. The Morgan fingerprint density at radius 3 is 2.20 bits per heavy atom. The van der Waals surface area contributed by atoms with E-state index < -0.39 is 0 Å². The number of rotatable bonds is 3. The molecule has 0 radical (unpaired) electrons. The molecule has 3 N–H and O–H groups in total. The van der Waals surface area contributed by atoms with Gasteiger partial charge in [-0.25, -0.2) is 0 Å². The summed E-state index contributed by atoms with van der Waals surface area (Å²) >= 11 is 0. The van der Waals surface area contributed by atoms with E-state index in [-0.39, 0.29) is 17.9 Å². The standard InChI is InChI=1S/C12H24N2O/c1-8(2)9(3)14-12(15)10-4-6-11(13)7-5-10/h8-11H,4-7,13H2,1-3H3,(H,14,15). The Balaban J connectivity index is 2.34. The van der Waals surface area contributed by atoms with Crippen LogP contribution in [0.2, 0.25) is 0 Å². The monoisotopic (exact) mass is 212 g/mol. The third-order valence-corrected chi connectivity index (χ3v) is 3.51. The van der Waals surface area contributed by atoms with Gasteiger partial charge in [-0.15, -0.1) is 0 Å². The summed E-state index contributed by atoms with van der Waals surface area (Å²) in [5.74, 6) is 0.925. The average Bonchev–Trinajstić information content (AvgIpc) is 2.18. The summed E-state index contributed by atoms with van der Waals surface area (Å²) in [5.41, 5.74) is 5.81. The van der Waals surface area contributed by atoms with Crippen LogP contribution in [0.1, 0.15) is 46.5 Å². The van der Waals surface area contributed by atoms with E-state index in [9.17, 15) is 4.79 Å². The smallest absolute Gasteiger partial charge is 0.223 e. The van der Waals surface area contributed by atoms with Gasteiger partial charge in [-0.05, 0) is 38.5 Å². The van der Waals surface area contributed by atoms with Gasteiger partial charge in [0.05, 0.1) is 0 Å². The van der Waals surface area contributed by atoms with Crippen LogP contribution in [0.5, 0.6) is 0 Å². The molecule has 1 aliphatic rings. The van der Waals surface area contributed by atoms with Crippen molar-refractivity contribution in [1.29, 1.82) is 0 Å². The molecule has 1 amide bonds. The second-order valence-electron chi connectivity index (χ2n) is 5.15. The zero-order valence-electron chi connectivity index (χ0n) is 10.1. The SMILES string of the molecule is CC(C)C(C)NC(=O)C1CCC(N)CC1. The number of hydrogen-bond donors (Lipinski definition) is 2. The quantitative estimate of drug-likeness (QED) is 0.747. The van der Waals surface area contributed by atoms with E-state index in [1.807, 2.05) is 0 Å². The number of carbonyl (C=O) groups is 1. The highest BCUT2D eigenvalue weighted by atomic mass is 16.1. The molecule has 88 valence electrons. The fourth-order valence-electron chi connectivity index (χ4n) is 1.89. The molecule has 1 rings (SSSR count). The summed E-state index contributed by atoms with van der Waals surface area (Å²) in [4.78, 5) is 11.9. The first-order valence-electron chi connectivity index (χ1n) is 6.06. The van der Waals surface area contributed by atoms with Crippen LogP contribution in [0.25, 0.3) is 0 Å². The molecule has 0 aromatic carbocycles. The Labute approximate surface area is 92.8 Å². The van der Waals surface area contributed by atoms with Crippen molar-refractivity contribution >= 4 is 5.91 Å². The molecule has 3 nitrogen and oxygen atoms in total. The predicted octanol–water partition coefficient (Wildman–Crippen LogP) is 1.66. The molecule has 0 bridgehead atoms. The minimum Gasteiger partial charge on any atom is -0.353 e. The van der Waals surface area contributed by atoms with Crippen LogP contribution in [-0.2, 0) is 4.79 Å². The van der Waals surface area contributed by atoms with Crippen molar-refractivity contribution in [3.63, 3.8) is 0 Å². The van der Waals surface area contributed by atoms with E-state index in [1.165, 1.54) is 0 Å². The van der Waals surface area contributed by atoms with Crippen molar-refractivity contribution in [2.45, 2.75) is 58.5 Å². The molecular formula is C12H24N2O. The Morgan fingerprint density at radius 1 is 1.20 bits per heavy atom. The van der Waals surface area contributed by atoms with Crippen LogP contribution in [0.15, 0.2) is 0 Å². The summed E-state index contributed by atoms with van der Waals surface area (Å²) in [6.07, 6.45) is 3.90. The maximum Gasteiger partial charge on any atom is 0.223 e. The van der Waals surface area contributed by atoms with Crippen molar-refractivity contribution in [2.24, 2.45) is 17.6 Å². The van der Waals surface area contributed by atoms with E-state index >= 15 is 0 Å². The van der Waals surface area contributed by atoms with Crippen molar-refractivity contribution < 1.29 is 4.79 Å². The number of nitrogens with one attached hydrogen (secondary N) is 1. The largest absolute Gasteiger partial charge is 0.353 e. The minimum absolute atomic E-state index is 0.200. The molecule has 1 atom stereocenters. The van der Waals surface area contributed by atoms with Crippen molar-refractivity contribution in [1.82, 2.24) is 5.32 Å². The zero-order chi connectivity index (χ0) is 11.4.